The number of rotatable bonds is 3. The maximum atomic E-state index is 12.9. The summed E-state index contributed by atoms with van der Waals surface area (Å²) in [7, 11) is 0. The number of alkyl halides is 3. The summed E-state index contributed by atoms with van der Waals surface area (Å²) in [5.41, 5.74) is -1.28. The number of carbonyl (C=O) groups excluding carboxylic acids is 1. The van der Waals surface area contributed by atoms with Gasteiger partial charge in [-0.25, -0.2) is 0 Å². The summed E-state index contributed by atoms with van der Waals surface area (Å²) in [6, 6.07) is 2.70. The minimum Gasteiger partial charge on any atom is -0.493 e. The van der Waals surface area contributed by atoms with Crippen molar-refractivity contribution in [3.05, 3.63) is 28.8 Å². The molecule has 0 unspecified atom stereocenters. The van der Waals surface area contributed by atoms with Crippen molar-refractivity contribution in [3.8, 4) is 5.75 Å². The molecule has 0 N–H and O–H groups in total. The van der Waals surface area contributed by atoms with Crippen LogP contribution in [-0.2, 0) is 6.18 Å². The highest BCUT2D eigenvalue weighted by molar-refractivity contribution is 5.99. The maximum Gasteiger partial charge on any atom is 0.417 e. The highest BCUT2D eigenvalue weighted by atomic mass is 19.4. The smallest absolute Gasteiger partial charge is 0.417 e. The quantitative estimate of drug-likeness (QED) is 0.761. The van der Waals surface area contributed by atoms with Gasteiger partial charge in [-0.3, -0.25) is 4.79 Å². The molecule has 0 radical (unpaired) electrons. The van der Waals surface area contributed by atoms with E-state index in [0.717, 1.165) is 6.92 Å². The molecule has 0 aromatic heterocycles. The molecule has 17 heavy (non-hydrogen) atoms. The molecule has 0 aliphatic heterocycles. The second-order valence-corrected chi connectivity index (χ2v) is 3.62. The number of benzene rings is 1. The van der Waals surface area contributed by atoms with Crippen LogP contribution in [-0.4, -0.2) is 12.4 Å². The van der Waals surface area contributed by atoms with Gasteiger partial charge < -0.3 is 4.74 Å². The van der Waals surface area contributed by atoms with Gasteiger partial charge in [0.15, 0.2) is 5.78 Å². The van der Waals surface area contributed by atoms with Gasteiger partial charge in [0.1, 0.15) is 5.75 Å². The van der Waals surface area contributed by atoms with Gasteiger partial charge in [0.05, 0.1) is 17.7 Å². The van der Waals surface area contributed by atoms with E-state index < -0.39 is 17.5 Å². The van der Waals surface area contributed by atoms with Crippen molar-refractivity contribution in [2.24, 2.45) is 0 Å². The van der Waals surface area contributed by atoms with Crippen LogP contribution in [0.15, 0.2) is 12.1 Å². The van der Waals surface area contributed by atoms with Gasteiger partial charge in [0.2, 0.25) is 0 Å². The Morgan fingerprint density at radius 3 is 2.35 bits per heavy atom. The number of ketones is 1. The molecule has 1 aromatic carbocycles. The predicted molar refractivity (Wildman–Crippen MR) is 57.4 cm³/mol. The lowest BCUT2D eigenvalue weighted by atomic mass is 9.97. The molecular weight excluding hydrogens is 233 g/mol. The number of hydrogen-bond donors (Lipinski definition) is 0. The van der Waals surface area contributed by atoms with E-state index >= 15 is 0 Å². The minimum absolute atomic E-state index is 0.0158. The standard InChI is InChI=1S/C12H13F3O2/c1-4-17-9-6-5-7(2)11(12(13,14)15)10(9)8(3)16/h5-6H,4H2,1-3H3. The first-order valence-electron chi connectivity index (χ1n) is 5.13. The minimum atomic E-state index is -4.56. The third kappa shape index (κ3) is 2.78. The van der Waals surface area contributed by atoms with Crippen molar-refractivity contribution in [1.29, 1.82) is 0 Å². The van der Waals surface area contributed by atoms with Crippen LogP contribution in [0.3, 0.4) is 0 Å². The zero-order valence-corrected chi connectivity index (χ0v) is 9.81. The van der Waals surface area contributed by atoms with E-state index in [9.17, 15) is 18.0 Å². The highest BCUT2D eigenvalue weighted by Gasteiger charge is 2.37. The number of carbonyl (C=O) groups is 1. The lowest BCUT2D eigenvalue weighted by Crippen LogP contribution is -2.15. The Morgan fingerprint density at radius 2 is 1.94 bits per heavy atom. The van der Waals surface area contributed by atoms with Crippen molar-refractivity contribution in [3.63, 3.8) is 0 Å². The summed E-state index contributed by atoms with van der Waals surface area (Å²) in [4.78, 5) is 11.4. The molecule has 1 rings (SSSR count). The van der Waals surface area contributed by atoms with Crippen molar-refractivity contribution in [1.82, 2.24) is 0 Å². The normalized spacial score (nSPS) is 11.4. The fourth-order valence-electron chi connectivity index (χ4n) is 1.68. The zero-order chi connectivity index (χ0) is 13.2. The Morgan fingerprint density at radius 1 is 1.35 bits per heavy atom. The molecule has 0 aliphatic carbocycles. The second-order valence-electron chi connectivity index (χ2n) is 3.62. The largest absolute Gasteiger partial charge is 0.493 e. The molecule has 0 saturated carbocycles. The van der Waals surface area contributed by atoms with Gasteiger partial charge in [-0.1, -0.05) is 6.07 Å². The van der Waals surface area contributed by atoms with Crippen LogP contribution in [0.1, 0.15) is 35.3 Å². The average Bonchev–Trinajstić information content (AvgIpc) is 2.18. The molecule has 0 heterocycles. The SMILES string of the molecule is CCOc1ccc(C)c(C(F)(F)F)c1C(C)=O. The van der Waals surface area contributed by atoms with E-state index in [2.05, 4.69) is 0 Å². The van der Waals surface area contributed by atoms with Crippen LogP contribution in [0, 0.1) is 6.92 Å². The summed E-state index contributed by atoms with van der Waals surface area (Å²) in [5.74, 6) is -0.664. The van der Waals surface area contributed by atoms with Crippen molar-refractivity contribution < 1.29 is 22.7 Å². The number of hydrogen-bond acceptors (Lipinski definition) is 2. The monoisotopic (exact) mass is 246 g/mol. The van der Waals surface area contributed by atoms with E-state index in [4.69, 9.17) is 4.74 Å². The van der Waals surface area contributed by atoms with E-state index in [1.54, 1.807) is 6.92 Å². The second kappa shape index (κ2) is 4.77. The summed E-state index contributed by atoms with van der Waals surface area (Å²) >= 11 is 0. The van der Waals surface area contributed by atoms with Crippen LogP contribution in [0.25, 0.3) is 0 Å². The number of ether oxygens (including phenoxy) is 1. The third-order valence-corrected chi connectivity index (χ3v) is 2.31. The fourth-order valence-corrected chi connectivity index (χ4v) is 1.68. The predicted octanol–water partition coefficient (Wildman–Crippen LogP) is 3.62. The van der Waals surface area contributed by atoms with Crippen molar-refractivity contribution in [2.75, 3.05) is 6.61 Å². The molecule has 0 bridgehead atoms. The van der Waals surface area contributed by atoms with Gasteiger partial charge >= 0.3 is 6.18 Å². The Kier molecular flexibility index (Phi) is 3.80. The molecule has 5 heteroatoms. The number of aryl methyl sites for hydroxylation is 1. The summed E-state index contributed by atoms with van der Waals surface area (Å²) in [6.07, 6.45) is -4.56. The van der Waals surface area contributed by atoms with Gasteiger partial charge in [-0.2, -0.15) is 13.2 Å². The Hall–Kier alpha value is -1.52. The molecular formula is C12H13F3O2. The maximum absolute atomic E-state index is 12.9. The van der Waals surface area contributed by atoms with Gasteiger partial charge in [0.25, 0.3) is 0 Å². The van der Waals surface area contributed by atoms with Crippen LogP contribution >= 0.6 is 0 Å². The van der Waals surface area contributed by atoms with Crippen molar-refractivity contribution >= 4 is 5.78 Å². The Bertz CT molecular complexity index is 436. The first kappa shape index (κ1) is 13.5. The molecule has 0 saturated heterocycles. The van der Waals surface area contributed by atoms with Gasteiger partial charge in [-0.05, 0) is 32.4 Å². The van der Waals surface area contributed by atoms with E-state index in [1.165, 1.54) is 19.1 Å². The lowest BCUT2D eigenvalue weighted by molar-refractivity contribution is -0.138. The van der Waals surface area contributed by atoms with Crippen molar-refractivity contribution in [2.45, 2.75) is 26.9 Å². The van der Waals surface area contributed by atoms with E-state index in [1.807, 2.05) is 0 Å². The number of halogens is 3. The first-order chi connectivity index (χ1) is 7.79. The molecule has 0 amide bonds. The van der Waals surface area contributed by atoms with Crippen LogP contribution in [0.5, 0.6) is 5.75 Å². The van der Waals surface area contributed by atoms with Crippen LogP contribution in [0.2, 0.25) is 0 Å². The highest BCUT2D eigenvalue weighted by Crippen LogP contribution is 2.38. The Labute approximate surface area is 97.4 Å². The summed E-state index contributed by atoms with van der Waals surface area (Å²) < 4.78 is 43.7. The lowest BCUT2D eigenvalue weighted by Gasteiger charge is -2.17. The average molecular weight is 246 g/mol. The number of Topliss-reactive ketones (excluding diaryl/α,β-unsaturated/α-hetero) is 1. The molecule has 0 fully saturated rings. The van der Waals surface area contributed by atoms with Crippen LogP contribution in [0.4, 0.5) is 13.2 Å². The molecule has 94 valence electrons. The topological polar surface area (TPSA) is 26.3 Å². The Balaban J connectivity index is 3.55. The molecule has 0 atom stereocenters. The fraction of sp³-hybridized carbons (Fsp3) is 0.417. The van der Waals surface area contributed by atoms with Gasteiger partial charge in [0, 0.05) is 0 Å². The van der Waals surface area contributed by atoms with Gasteiger partial charge in [-0.15, -0.1) is 0 Å². The first-order valence-corrected chi connectivity index (χ1v) is 5.13. The van der Waals surface area contributed by atoms with Crippen LogP contribution < -0.4 is 4.74 Å². The molecule has 2 nitrogen and oxygen atoms in total. The van der Waals surface area contributed by atoms with E-state index in [-0.39, 0.29) is 23.5 Å². The third-order valence-electron chi connectivity index (χ3n) is 2.31. The summed E-state index contributed by atoms with van der Waals surface area (Å²) in [5, 5.41) is 0. The zero-order valence-electron chi connectivity index (χ0n) is 9.81. The molecule has 1 aromatic rings. The molecule has 0 aliphatic rings. The molecule has 0 spiro atoms. The summed E-state index contributed by atoms with van der Waals surface area (Å²) in [6.45, 7) is 4.29. The van der Waals surface area contributed by atoms with E-state index in [0.29, 0.717) is 0 Å².